The molecule has 0 bridgehead atoms. The smallest absolute Gasteiger partial charge is 0.261 e. The molecule has 1 N–H and O–H groups in total. The van der Waals surface area contributed by atoms with E-state index in [1.807, 2.05) is 84.0 Å². The molecule has 1 atom stereocenters. The number of benzene rings is 2. The summed E-state index contributed by atoms with van der Waals surface area (Å²) in [6.45, 7) is 12.0. The number of nitrogens with one attached hydrogen (secondary N) is 1. The highest BCUT2D eigenvalue weighted by Gasteiger charge is 2.29. The Hall–Kier alpha value is -2.82. The lowest BCUT2D eigenvalue weighted by molar-refractivity contribution is -0.143. The van der Waals surface area contributed by atoms with E-state index in [1.54, 1.807) is 4.90 Å². The van der Waals surface area contributed by atoms with E-state index in [1.165, 1.54) is 0 Å². The summed E-state index contributed by atoms with van der Waals surface area (Å²) >= 11 is 0. The number of nitrogens with zero attached hydrogens (tertiary/aromatic N) is 1. The normalized spacial score (nSPS) is 11.8. The summed E-state index contributed by atoms with van der Waals surface area (Å²) in [4.78, 5) is 27.6. The summed E-state index contributed by atoms with van der Waals surface area (Å²) in [6, 6.07) is 13.3. The third kappa shape index (κ3) is 6.61. The molecule has 0 aliphatic carbocycles. The van der Waals surface area contributed by atoms with Crippen molar-refractivity contribution in [1.29, 1.82) is 0 Å². The fraction of sp³-hybridized carbons (Fsp3) is 0.440. The van der Waals surface area contributed by atoms with Gasteiger partial charge in [-0.05, 0) is 58.2 Å². The molecule has 0 saturated carbocycles. The second kappa shape index (κ2) is 10.8. The van der Waals surface area contributed by atoms with Crippen molar-refractivity contribution in [1.82, 2.24) is 10.2 Å². The SMILES string of the molecule is CC[C@@H](C(=O)NC(C)C)N(Cc1ccc(C)cc1)C(=O)COc1ccc(C)cc1C. The van der Waals surface area contributed by atoms with Crippen LogP contribution in [-0.4, -0.2) is 35.4 Å². The molecule has 5 heteroatoms. The van der Waals surface area contributed by atoms with Gasteiger partial charge in [-0.1, -0.05) is 54.4 Å². The Kier molecular flexibility index (Phi) is 8.46. The zero-order valence-corrected chi connectivity index (χ0v) is 19.0. The van der Waals surface area contributed by atoms with E-state index in [2.05, 4.69) is 5.32 Å². The van der Waals surface area contributed by atoms with Crippen LogP contribution in [0, 0.1) is 20.8 Å². The molecule has 0 saturated heterocycles. The molecule has 2 rings (SSSR count). The van der Waals surface area contributed by atoms with E-state index in [4.69, 9.17) is 4.74 Å². The second-order valence-corrected chi connectivity index (χ2v) is 8.15. The lowest BCUT2D eigenvalue weighted by atomic mass is 10.1. The molecule has 0 aliphatic rings. The quantitative estimate of drug-likeness (QED) is 0.670. The fourth-order valence-electron chi connectivity index (χ4n) is 3.37. The van der Waals surface area contributed by atoms with E-state index in [-0.39, 0.29) is 24.5 Å². The van der Waals surface area contributed by atoms with Gasteiger partial charge in [-0.15, -0.1) is 0 Å². The zero-order chi connectivity index (χ0) is 22.3. The van der Waals surface area contributed by atoms with Gasteiger partial charge >= 0.3 is 0 Å². The Balaban J connectivity index is 2.22. The molecule has 162 valence electrons. The number of hydrogen-bond donors (Lipinski definition) is 1. The van der Waals surface area contributed by atoms with Crippen molar-refractivity contribution >= 4 is 11.8 Å². The van der Waals surface area contributed by atoms with Gasteiger partial charge in [0, 0.05) is 12.6 Å². The summed E-state index contributed by atoms with van der Waals surface area (Å²) < 4.78 is 5.82. The van der Waals surface area contributed by atoms with Gasteiger partial charge in [0.25, 0.3) is 5.91 Å². The minimum atomic E-state index is -0.552. The van der Waals surface area contributed by atoms with E-state index < -0.39 is 6.04 Å². The largest absolute Gasteiger partial charge is 0.483 e. The molecule has 0 unspecified atom stereocenters. The zero-order valence-electron chi connectivity index (χ0n) is 19.0. The van der Waals surface area contributed by atoms with Crippen LogP contribution in [0.5, 0.6) is 5.75 Å². The van der Waals surface area contributed by atoms with E-state index in [0.717, 1.165) is 22.3 Å². The summed E-state index contributed by atoms with van der Waals surface area (Å²) in [7, 11) is 0. The van der Waals surface area contributed by atoms with Gasteiger partial charge in [-0.3, -0.25) is 9.59 Å². The first-order valence-corrected chi connectivity index (χ1v) is 10.6. The summed E-state index contributed by atoms with van der Waals surface area (Å²) in [6.07, 6.45) is 0.527. The molecule has 0 radical (unpaired) electrons. The van der Waals surface area contributed by atoms with Crippen molar-refractivity contribution < 1.29 is 14.3 Å². The Labute approximate surface area is 180 Å². The molecule has 0 fully saturated rings. The number of carbonyl (C=O) groups is 2. The van der Waals surface area contributed by atoms with Crippen LogP contribution in [0.4, 0.5) is 0 Å². The number of rotatable bonds is 9. The molecular weight excluding hydrogens is 376 g/mol. The Morgan fingerprint density at radius 1 is 1.00 bits per heavy atom. The van der Waals surface area contributed by atoms with Crippen molar-refractivity contribution in [2.24, 2.45) is 0 Å². The fourth-order valence-corrected chi connectivity index (χ4v) is 3.37. The first kappa shape index (κ1) is 23.5. The van der Waals surface area contributed by atoms with Crippen LogP contribution in [0.25, 0.3) is 0 Å². The Morgan fingerprint density at radius 3 is 2.20 bits per heavy atom. The van der Waals surface area contributed by atoms with Crippen molar-refractivity contribution in [2.75, 3.05) is 6.61 Å². The molecule has 5 nitrogen and oxygen atoms in total. The van der Waals surface area contributed by atoms with Crippen LogP contribution < -0.4 is 10.1 Å². The monoisotopic (exact) mass is 410 g/mol. The number of aryl methyl sites for hydroxylation is 3. The highest BCUT2D eigenvalue weighted by atomic mass is 16.5. The minimum Gasteiger partial charge on any atom is -0.483 e. The van der Waals surface area contributed by atoms with Gasteiger partial charge in [0.2, 0.25) is 5.91 Å². The lowest BCUT2D eigenvalue weighted by Crippen LogP contribution is -2.51. The highest BCUT2D eigenvalue weighted by molar-refractivity contribution is 5.88. The van der Waals surface area contributed by atoms with Gasteiger partial charge in [-0.25, -0.2) is 0 Å². The molecule has 0 aromatic heterocycles. The van der Waals surface area contributed by atoms with Gasteiger partial charge in [0.1, 0.15) is 11.8 Å². The summed E-state index contributed by atoms with van der Waals surface area (Å²) in [5.41, 5.74) is 4.26. The highest BCUT2D eigenvalue weighted by Crippen LogP contribution is 2.20. The van der Waals surface area contributed by atoms with Crippen LogP contribution in [0.3, 0.4) is 0 Å². The predicted octanol–water partition coefficient (Wildman–Crippen LogP) is 4.32. The Bertz CT molecular complexity index is 859. The average Bonchev–Trinajstić information content (AvgIpc) is 2.68. The van der Waals surface area contributed by atoms with Crippen molar-refractivity contribution in [2.45, 2.75) is 66.6 Å². The first-order valence-electron chi connectivity index (χ1n) is 10.6. The standard InChI is InChI=1S/C25H34N2O3/c1-7-22(25(29)26-17(2)3)27(15-21-11-8-18(4)9-12-21)24(28)16-30-23-13-10-19(5)14-20(23)6/h8-14,17,22H,7,15-16H2,1-6H3,(H,26,29)/t22-/m0/s1. The number of amides is 2. The maximum absolute atomic E-state index is 13.2. The number of ether oxygens (including phenoxy) is 1. The van der Waals surface area contributed by atoms with Gasteiger partial charge in [-0.2, -0.15) is 0 Å². The summed E-state index contributed by atoms with van der Waals surface area (Å²) in [5.74, 6) is 0.338. The molecule has 2 aromatic carbocycles. The second-order valence-electron chi connectivity index (χ2n) is 8.15. The molecule has 2 amide bonds. The predicted molar refractivity (Wildman–Crippen MR) is 120 cm³/mol. The Morgan fingerprint density at radius 2 is 1.63 bits per heavy atom. The third-order valence-corrected chi connectivity index (χ3v) is 4.97. The van der Waals surface area contributed by atoms with E-state index in [0.29, 0.717) is 18.7 Å². The topological polar surface area (TPSA) is 58.6 Å². The van der Waals surface area contributed by atoms with E-state index in [9.17, 15) is 9.59 Å². The van der Waals surface area contributed by atoms with Crippen molar-refractivity contribution in [3.05, 3.63) is 64.7 Å². The van der Waals surface area contributed by atoms with Crippen molar-refractivity contribution in [3.63, 3.8) is 0 Å². The van der Waals surface area contributed by atoms with Crippen molar-refractivity contribution in [3.8, 4) is 5.75 Å². The molecule has 0 aliphatic heterocycles. The van der Waals surface area contributed by atoms with Crippen LogP contribution in [-0.2, 0) is 16.1 Å². The van der Waals surface area contributed by atoms with Crippen LogP contribution in [0.15, 0.2) is 42.5 Å². The molecule has 0 heterocycles. The van der Waals surface area contributed by atoms with Gasteiger partial charge < -0.3 is 15.0 Å². The summed E-state index contributed by atoms with van der Waals surface area (Å²) in [5, 5.41) is 2.94. The molecule has 0 spiro atoms. The molecular formula is C25H34N2O3. The van der Waals surface area contributed by atoms with Gasteiger partial charge in [0.05, 0.1) is 0 Å². The maximum atomic E-state index is 13.2. The van der Waals surface area contributed by atoms with Crippen LogP contribution >= 0.6 is 0 Å². The third-order valence-electron chi connectivity index (χ3n) is 4.97. The van der Waals surface area contributed by atoms with Crippen LogP contribution in [0.2, 0.25) is 0 Å². The lowest BCUT2D eigenvalue weighted by Gasteiger charge is -2.31. The molecule has 2 aromatic rings. The number of hydrogen-bond acceptors (Lipinski definition) is 3. The average molecular weight is 411 g/mol. The van der Waals surface area contributed by atoms with Crippen LogP contribution in [0.1, 0.15) is 49.4 Å². The molecule has 30 heavy (non-hydrogen) atoms. The van der Waals surface area contributed by atoms with Gasteiger partial charge in [0.15, 0.2) is 6.61 Å². The maximum Gasteiger partial charge on any atom is 0.261 e. The van der Waals surface area contributed by atoms with E-state index >= 15 is 0 Å². The minimum absolute atomic E-state index is 0.00864. The first-order chi connectivity index (χ1) is 14.2. The number of carbonyl (C=O) groups excluding carboxylic acids is 2.